The van der Waals surface area contributed by atoms with E-state index >= 15 is 0 Å². The topological polar surface area (TPSA) is 38.3 Å². The Morgan fingerprint density at radius 3 is 2.50 bits per heavy atom. The summed E-state index contributed by atoms with van der Waals surface area (Å²) in [4.78, 5) is 11.9. The molecule has 0 bridgehead atoms. The Hall–Kier alpha value is -1.29. The summed E-state index contributed by atoms with van der Waals surface area (Å²) >= 11 is 3.66. The minimum atomic E-state index is -0.345. The molecular weight excluding hydrogens is 318 g/mol. The molecule has 1 saturated carbocycles. The van der Waals surface area contributed by atoms with Gasteiger partial charge in [0.05, 0.1) is 10.5 Å². The number of carbonyl (C=O) groups is 1. The van der Waals surface area contributed by atoms with Crippen LogP contribution in [-0.2, 0) is 4.74 Å². The first-order chi connectivity index (χ1) is 9.75. The van der Waals surface area contributed by atoms with Crippen molar-refractivity contribution in [1.82, 2.24) is 5.32 Å². The summed E-state index contributed by atoms with van der Waals surface area (Å²) in [5.74, 6) is 1.16. The molecule has 1 amide bonds. The zero-order valence-corrected chi connectivity index (χ0v) is 12.9. The van der Waals surface area contributed by atoms with Crippen molar-refractivity contribution >= 4 is 27.8 Å². The Labute approximate surface area is 127 Å². The number of hydrogen-bond donors (Lipinski definition) is 1. The van der Waals surface area contributed by atoms with Crippen molar-refractivity contribution in [2.75, 3.05) is 0 Å². The normalized spacial score (nSPS) is 24.2. The highest BCUT2D eigenvalue weighted by Crippen LogP contribution is 2.37. The second kappa shape index (κ2) is 6.00. The fourth-order valence-corrected chi connectivity index (χ4v) is 3.88. The summed E-state index contributed by atoms with van der Waals surface area (Å²) in [7, 11) is 0. The summed E-state index contributed by atoms with van der Waals surface area (Å²) in [5.41, 5.74) is 0.940. The van der Waals surface area contributed by atoms with E-state index in [1.165, 1.54) is 32.1 Å². The second-order valence-corrected chi connectivity index (χ2v) is 6.31. The molecule has 1 aromatic carbocycles. The van der Waals surface area contributed by atoms with Crippen LogP contribution in [0.5, 0.6) is 0 Å². The van der Waals surface area contributed by atoms with E-state index in [1.54, 1.807) is 0 Å². The van der Waals surface area contributed by atoms with Crippen molar-refractivity contribution in [2.24, 2.45) is 5.92 Å². The molecule has 0 radical (unpaired) electrons. The van der Waals surface area contributed by atoms with E-state index in [0.29, 0.717) is 11.7 Å². The van der Waals surface area contributed by atoms with Gasteiger partial charge in [-0.3, -0.25) is 0 Å². The molecule has 1 aliphatic heterocycles. The van der Waals surface area contributed by atoms with E-state index < -0.39 is 0 Å². The van der Waals surface area contributed by atoms with Gasteiger partial charge in [-0.15, -0.1) is 0 Å². The van der Waals surface area contributed by atoms with Gasteiger partial charge in [0.1, 0.15) is 0 Å². The van der Waals surface area contributed by atoms with Crippen LogP contribution in [0.25, 0.3) is 5.76 Å². The van der Waals surface area contributed by atoms with Crippen molar-refractivity contribution in [3.8, 4) is 0 Å². The number of benzene rings is 1. The molecule has 0 spiro atoms. The van der Waals surface area contributed by atoms with Crippen LogP contribution in [0.4, 0.5) is 4.79 Å². The lowest BCUT2D eigenvalue weighted by Crippen LogP contribution is -2.44. The molecule has 2 aliphatic rings. The van der Waals surface area contributed by atoms with Gasteiger partial charge in [-0.25, -0.2) is 4.79 Å². The van der Waals surface area contributed by atoms with Crippen LogP contribution < -0.4 is 5.32 Å². The van der Waals surface area contributed by atoms with Gasteiger partial charge in [-0.1, -0.05) is 49.6 Å². The maximum absolute atomic E-state index is 11.9. The maximum Gasteiger partial charge on any atom is 0.413 e. The average Bonchev–Trinajstić information content (AvgIpc) is 2.51. The van der Waals surface area contributed by atoms with Crippen molar-refractivity contribution in [3.63, 3.8) is 0 Å². The highest BCUT2D eigenvalue weighted by Gasteiger charge is 2.34. The number of cyclic esters (lactones) is 1. The predicted molar refractivity (Wildman–Crippen MR) is 82.3 cm³/mol. The van der Waals surface area contributed by atoms with Crippen LogP contribution in [0.15, 0.2) is 34.8 Å². The van der Waals surface area contributed by atoms with Crippen LogP contribution in [0, 0.1) is 5.92 Å². The molecule has 1 N–H and O–H groups in total. The lowest BCUT2D eigenvalue weighted by Gasteiger charge is -2.34. The largest absolute Gasteiger partial charge is 0.413 e. The summed E-state index contributed by atoms with van der Waals surface area (Å²) in [5, 5.41) is 2.97. The number of halogens is 1. The smallest absolute Gasteiger partial charge is 0.409 e. The minimum Gasteiger partial charge on any atom is -0.409 e. The van der Waals surface area contributed by atoms with E-state index in [2.05, 4.69) is 21.2 Å². The van der Waals surface area contributed by atoms with Crippen LogP contribution in [0.3, 0.4) is 0 Å². The summed E-state index contributed by atoms with van der Waals surface area (Å²) in [6.45, 7) is 0. The molecule has 4 heteroatoms. The van der Waals surface area contributed by atoms with Gasteiger partial charge < -0.3 is 10.1 Å². The van der Waals surface area contributed by atoms with Gasteiger partial charge in [0.25, 0.3) is 0 Å². The highest BCUT2D eigenvalue weighted by atomic mass is 79.9. The Bertz CT molecular complexity index is 521. The third-order valence-corrected chi connectivity index (χ3v) is 4.97. The van der Waals surface area contributed by atoms with Crippen LogP contribution in [-0.4, -0.2) is 12.1 Å². The Morgan fingerprint density at radius 2 is 1.80 bits per heavy atom. The standard InChI is InChI=1S/C16H18BrNO2/c17-13-14(11-7-3-1-4-8-11)18-16(19)20-15(13)12-9-5-2-6-10-12/h2,5-6,9-11,14H,1,3-4,7-8H2,(H,18,19)/t14-/m0/s1. The minimum absolute atomic E-state index is 0.0479. The molecule has 106 valence electrons. The molecule has 1 aliphatic carbocycles. The molecule has 1 atom stereocenters. The van der Waals surface area contributed by atoms with E-state index in [9.17, 15) is 4.79 Å². The SMILES string of the molecule is O=C1N[C@@H](C2CCCCC2)C(Br)=C(c2ccccc2)O1. The first-order valence-electron chi connectivity index (χ1n) is 7.19. The highest BCUT2D eigenvalue weighted by molar-refractivity contribution is 9.11. The van der Waals surface area contributed by atoms with E-state index in [4.69, 9.17) is 4.74 Å². The number of rotatable bonds is 2. The van der Waals surface area contributed by atoms with Gasteiger partial charge in [0.2, 0.25) is 0 Å². The summed E-state index contributed by atoms with van der Waals surface area (Å²) in [6, 6.07) is 9.84. The second-order valence-electron chi connectivity index (χ2n) is 5.45. The number of carbonyl (C=O) groups excluding carboxylic acids is 1. The van der Waals surface area contributed by atoms with Crippen molar-refractivity contribution < 1.29 is 9.53 Å². The number of alkyl carbamates (subject to hydrolysis) is 1. The van der Waals surface area contributed by atoms with Crippen LogP contribution in [0.2, 0.25) is 0 Å². The van der Waals surface area contributed by atoms with E-state index in [0.717, 1.165) is 10.0 Å². The quantitative estimate of drug-likeness (QED) is 0.867. The summed E-state index contributed by atoms with van der Waals surface area (Å²) in [6.07, 6.45) is 5.80. The Kier molecular flexibility index (Phi) is 4.10. The number of hydrogen-bond acceptors (Lipinski definition) is 2. The molecule has 3 rings (SSSR count). The Balaban J connectivity index is 1.92. The predicted octanol–water partition coefficient (Wildman–Crippen LogP) is 4.44. The molecule has 20 heavy (non-hydrogen) atoms. The molecule has 0 aromatic heterocycles. The van der Waals surface area contributed by atoms with Crippen LogP contribution >= 0.6 is 15.9 Å². The van der Waals surface area contributed by atoms with Gasteiger partial charge in [0, 0.05) is 5.56 Å². The first kappa shape index (κ1) is 13.7. The molecule has 1 heterocycles. The van der Waals surface area contributed by atoms with Crippen molar-refractivity contribution in [3.05, 3.63) is 40.4 Å². The molecule has 0 saturated heterocycles. The monoisotopic (exact) mass is 335 g/mol. The molecular formula is C16H18BrNO2. The maximum atomic E-state index is 11.9. The van der Waals surface area contributed by atoms with Gasteiger partial charge in [0.15, 0.2) is 5.76 Å². The summed E-state index contributed by atoms with van der Waals surface area (Å²) < 4.78 is 6.36. The van der Waals surface area contributed by atoms with E-state index in [-0.39, 0.29) is 12.1 Å². The van der Waals surface area contributed by atoms with E-state index in [1.807, 2.05) is 30.3 Å². The fourth-order valence-electron chi connectivity index (χ4n) is 3.08. The lowest BCUT2D eigenvalue weighted by atomic mass is 9.83. The van der Waals surface area contributed by atoms with Gasteiger partial charge in [-0.05, 0) is 34.7 Å². The third kappa shape index (κ3) is 2.75. The lowest BCUT2D eigenvalue weighted by molar-refractivity contribution is 0.174. The zero-order valence-electron chi connectivity index (χ0n) is 11.3. The van der Waals surface area contributed by atoms with Gasteiger partial charge in [-0.2, -0.15) is 0 Å². The Morgan fingerprint density at radius 1 is 1.10 bits per heavy atom. The van der Waals surface area contributed by atoms with Crippen LogP contribution in [0.1, 0.15) is 37.7 Å². The number of ether oxygens (including phenoxy) is 1. The molecule has 3 nitrogen and oxygen atoms in total. The number of amides is 1. The van der Waals surface area contributed by atoms with Gasteiger partial charge >= 0.3 is 6.09 Å². The van der Waals surface area contributed by atoms with Crippen molar-refractivity contribution in [2.45, 2.75) is 38.1 Å². The molecule has 1 aromatic rings. The van der Waals surface area contributed by atoms with Crippen molar-refractivity contribution in [1.29, 1.82) is 0 Å². The average molecular weight is 336 g/mol. The fraction of sp³-hybridized carbons (Fsp3) is 0.438. The zero-order chi connectivity index (χ0) is 13.9. The number of nitrogens with one attached hydrogen (secondary N) is 1. The molecule has 0 unspecified atom stereocenters. The molecule has 1 fully saturated rings. The third-order valence-electron chi connectivity index (χ3n) is 4.12. The first-order valence-corrected chi connectivity index (χ1v) is 7.98.